The molecule has 2 aromatic carbocycles. The first kappa shape index (κ1) is 19.2. The first-order valence-electron chi connectivity index (χ1n) is 9.23. The summed E-state index contributed by atoms with van der Waals surface area (Å²) >= 11 is 0. The summed E-state index contributed by atoms with van der Waals surface area (Å²) in [5, 5.41) is 14.9. The zero-order valence-electron chi connectivity index (χ0n) is 16.6. The van der Waals surface area contributed by atoms with Crippen LogP contribution in [-0.2, 0) is 6.42 Å². The molecule has 0 saturated heterocycles. The van der Waals surface area contributed by atoms with Gasteiger partial charge in [-0.05, 0) is 35.8 Å². The van der Waals surface area contributed by atoms with Crippen molar-refractivity contribution in [2.24, 2.45) is 0 Å². The van der Waals surface area contributed by atoms with E-state index in [9.17, 15) is 5.26 Å². The van der Waals surface area contributed by atoms with Crippen molar-refractivity contribution in [3.63, 3.8) is 0 Å². The Kier molecular flexibility index (Phi) is 5.12. The van der Waals surface area contributed by atoms with Crippen LogP contribution in [0.25, 0.3) is 11.0 Å². The number of hydrogen-bond acceptors (Lipinski definition) is 4. The minimum absolute atomic E-state index is 0.129. The van der Waals surface area contributed by atoms with Gasteiger partial charge in [0.15, 0.2) is 5.58 Å². The third-order valence-corrected chi connectivity index (χ3v) is 9.81. The maximum atomic E-state index is 9.57. The second kappa shape index (κ2) is 7.20. The molecule has 0 N–H and O–H groups in total. The van der Waals surface area contributed by atoms with Gasteiger partial charge in [-0.1, -0.05) is 56.3 Å². The Morgan fingerprint density at radius 3 is 2.48 bits per heavy atom. The average Bonchev–Trinajstić information content (AvgIpc) is 3.01. The highest BCUT2D eigenvalue weighted by molar-refractivity contribution is 6.74. The van der Waals surface area contributed by atoms with E-state index in [0.29, 0.717) is 12.0 Å². The highest BCUT2D eigenvalue weighted by Gasteiger charge is 2.39. The highest BCUT2D eigenvalue weighted by atomic mass is 28.4. The van der Waals surface area contributed by atoms with E-state index >= 15 is 0 Å². The van der Waals surface area contributed by atoms with Crippen molar-refractivity contribution < 1.29 is 8.95 Å². The lowest BCUT2D eigenvalue weighted by atomic mass is 9.95. The van der Waals surface area contributed by atoms with Crippen molar-refractivity contribution in [3.8, 4) is 11.8 Å². The minimum atomic E-state index is -1.91. The number of rotatable bonds is 5. The Morgan fingerprint density at radius 1 is 1.15 bits per heavy atom. The predicted octanol–water partition coefficient (Wildman–Crippen LogP) is 6.06. The van der Waals surface area contributed by atoms with Crippen LogP contribution in [0.5, 0.6) is 5.75 Å². The summed E-state index contributed by atoms with van der Waals surface area (Å²) in [5.41, 5.74) is 2.50. The molecule has 3 aromatic rings. The lowest BCUT2D eigenvalue weighted by Crippen LogP contribution is -2.43. The van der Waals surface area contributed by atoms with E-state index in [1.807, 2.05) is 48.5 Å². The number of aromatic nitrogens is 1. The normalized spacial score (nSPS) is 13.3. The van der Waals surface area contributed by atoms with Gasteiger partial charge in [-0.2, -0.15) is 5.26 Å². The van der Waals surface area contributed by atoms with Crippen LogP contribution in [0.15, 0.2) is 53.1 Å². The van der Waals surface area contributed by atoms with E-state index in [1.54, 1.807) is 0 Å². The molecule has 3 rings (SSSR count). The van der Waals surface area contributed by atoms with E-state index in [4.69, 9.17) is 8.95 Å². The van der Waals surface area contributed by atoms with Crippen LogP contribution in [-0.4, -0.2) is 13.5 Å². The largest absolute Gasteiger partial charge is 0.543 e. The van der Waals surface area contributed by atoms with Gasteiger partial charge in [0, 0.05) is 17.9 Å². The molecule has 1 unspecified atom stereocenters. The molecule has 1 atom stereocenters. The Labute approximate surface area is 161 Å². The number of nitrogens with zero attached hydrogens (tertiary/aromatic N) is 2. The number of nitriles is 1. The molecule has 1 heterocycles. The van der Waals surface area contributed by atoms with Crippen LogP contribution >= 0.6 is 0 Å². The van der Waals surface area contributed by atoms with Gasteiger partial charge in [-0.3, -0.25) is 0 Å². The minimum Gasteiger partial charge on any atom is -0.543 e. The second-order valence-corrected chi connectivity index (χ2v) is 13.2. The maximum Gasteiger partial charge on any atom is 0.250 e. The summed E-state index contributed by atoms with van der Waals surface area (Å²) in [5.74, 6) is 0.569. The van der Waals surface area contributed by atoms with Crippen LogP contribution < -0.4 is 4.43 Å². The zero-order valence-corrected chi connectivity index (χ0v) is 17.6. The van der Waals surface area contributed by atoms with Gasteiger partial charge in [-0.15, -0.1) is 0 Å². The molecule has 0 bridgehead atoms. The quantitative estimate of drug-likeness (QED) is 0.506. The summed E-state index contributed by atoms with van der Waals surface area (Å²) in [6.45, 7) is 11.1. The zero-order chi connectivity index (χ0) is 19.7. The molecule has 0 aliphatic rings. The summed E-state index contributed by atoms with van der Waals surface area (Å²) in [4.78, 5) is 0. The van der Waals surface area contributed by atoms with Crippen LogP contribution in [0.3, 0.4) is 0 Å². The number of fused-ring (bicyclic) bond motifs is 1. The van der Waals surface area contributed by atoms with Crippen molar-refractivity contribution in [2.45, 2.75) is 51.2 Å². The molecule has 0 amide bonds. The summed E-state index contributed by atoms with van der Waals surface area (Å²) < 4.78 is 11.9. The molecule has 0 fully saturated rings. The van der Waals surface area contributed by atoms with Crippen LogP contribution in [0.2, 0.25) is 18.1 Å². The molecule has 5 heteroatoms. The Bertz CT molecular complexity index is 965. The van der Waals surface area contributed by atoms with Gasteiger partial charge in [-0.25, -0.2) is 0 Å². The van der Waals surface area contributed by atoms with E-state index in [-0.39, 0.29) is 11.0 Å². The third-order valence-electron chi connectivity index (χ3n) is 5.45. The topological polar surface area (TPSA) is 59.0 Å². The second-order valence-electron chi connectivity index (χ2n) is 8.45. The predicted molar refractivity (Wildman–Crippen MR) is 110 cm³/mol. The van der Waals surface area contributed by atoms with Gasteiger partial charge in [0.1, 0.15) is 5.75 Å². The Morgan fingerprint density at radius 2 is 1.85 bits per heavy atom. The van der Waals surface area contributed by atoms with E-state index < -0.39 is 8.32 Å². The molecule has 0 saturated carbocycles. The lowest BCUT2D eigenvalue weighted by molar-refractivity contribution is 0.442. The average molecular weight is 379 g/mol. The Balaban J connectivity index is 1.85. The first-order valence-corrected chi connectivity index (χ1v) is 12.1. The van der Waals surface area contributed by atoms with Crippen molar-refractivity contribution in [1.82, 2.24) is 5.16 Å². The van der Waals surface area contributed by atoms with Gasteiger partial charge < -0.3 is 8.95 Å². The molecule has 0 aliphatic heterocycles. The highest BCUT2D eigenvalue weighted by Crippen LogP contribution is 2.38. The lowest BCUT2D eigenvalue weighted by Gasteiger charge is -2.36. The molecule has 27 heavy (non-hydrogen) atoms. The molecular weight excluding hydrogens is 352 g/mol. The van der Waals surface area contributed by atoms with Gasteiger partial charge in [0.25, 0.3) is 0 Å². The SMILES string of the molecule is CC(C)(C)[Si](C)(C)Oc1ccc2c(CC(C#N)c3ccccc3)noc2c1. The molecular formula is C22H26N2O2Si. The van der Waals surface area contributed by atoms with Crippen LogP contribution in [0.4, 0.5) is 0 Å². The van der Waals surface area contributed by atoms with E-state index in [1.165, 1.54) is 0 Å². The fourth-order valence-electron chi connectivity index (χ4n) is 2.75. The molecule has 140 valence electrons. The van der Waals surface area contributed by atoms with Crippen molar-refractivity contribution >= 4 is 19.3 Å². The summed E-state index contributed by atoms with van der Waals surface area (Å²) in [6.07, 6.45) is 0.524. The summed E-state index contributed by atoms with van der Waals surface area (Å²) in [6, 6.07) is 18.1. The van der Waals surface area contributed by atoms with Crippen molar-refractivity contribution in [1.29, 1.82) is 5.26 Å². The van der Waals surface area contributed by atoms with Gasteiger partial charge in [0.05, 0.1) is 17.7 Å². The van der Waals surface area contributed by atoms with Crippen LogP contribution in [0, 0.1) is 11.3 Å². The third kappa shape index (κ3) is 4.06. The molecule has 4 nitrogen and oxygen atoms in total. The van der Waals surface area contributed by atoms with Crippen molar-refractivity contribution in [3.05, 3.63) is 59.8 Å². The molecule has 0 aliphatic carbocycles. The smallest absolute Gasteiger partial charge is 0.250 e. The molecule has 0 spiro atoms. The maximum absolute atomic E-state index is 9.57. The van der Waals surface area contributed by atoms with Gasteiger partial charge in [0.2, 0.25) is 8.32 Å². The molecule has 1 aromatic heterocycles. The first-order chi connectivity index (χ1) is 12.7. The fraction of sp³-hybridized carbons (Fsp3) is 0.364. The Hall–Kier alpha value is -2.58. The van der Waals surface area contributed by atoms with E-state index in [0.717, 1.165) is 22.4 Å². The monoisotopic (exact) mass is 378 g/mol. The molecule has 0 radical (unpaired) electrons. The van der Waals surface area contributed by atoms with Crippen molar-refractivity contribution in [2.75, 3.05) is 0 Å². The fourth-order valence-corrected chi connectivity index (χ4v) is 3.77. The number of hydrogen-bond donors (Lipinski definition) is 0. The standard InChI is InChI=1S/C22H26N2O2Si/c1-22(2,3)27(4,5)26-18-11-12-19-20(24-25-21(19)14-18)13-17(15-23)16-9-7-6-8-10-16/h6-12,14,17H,13H2,1-5H3. The van der Waals surface area contributed by atoms with Gasteiger partial charge >= 0.3 is 0 Å². The summed E-state index contributed by atoms with van der Waals surface area (Å²) in [7, 11) is -1.91. The van der Waals surface area contributed by atoms with Crippen LogP contribution in [0.1, 0.15) is 37.9 Å². The van der Waals surface area contributed by atoms with E-state index in [2.05, 4.69) is 45.1 Å². The number of benzene rings is 2.